The maximum atomic E-state index is 12.0. The summed E-state index contributed by atoms with van der Waals surface area (Å²) in [7, 11) is 0. The molecule has 1 aromatic carbocycles. The van der Waals surface area contributed by atoms with E-state index in [0.29, 0.717) is 26.2 Å². The Labute approximate surface area is 156 Å². The predicted octanol–water partition coefficient (Wildman–Crippen LogP) is 3.87. The van der Waals surface area contributed by atoms with Gasteiger partial charge < -0.3 is 9.80 Å². The molecule has 0 saturated carbocycles. The summed E-state index contributed by atoms with van der Waals surface area (Å²) < 4.78 is -1.89. The predicted molar refractivity (Wildman–Crippen MR) is 100 cm³/mol. The lowest BCUT2D eigenvalue weighted by atomic mass is 10.1. The number of nitrogens with zero attached hydrogens (tertiary/aromatic N) is 3. The summed E-state index contributed by atoms with van der Waals surface area (Å²) >= 11 is 17.1. The van der Waals surface area contributed by atoms with Crippen molar-refractivity contribution < 1.29 is 4.79 Å². The number of hydrogen-bond donors (Lipinski definition) is 0. The van der Waals surface area contributed by atoms with Gasteiger partial charge in [-0.2, -0.15) is 0 Å². The molecule has 3 rings (SSSR count). The van der Waals surface area contributed by atoms with Crippen molar-refractivity contribution in [2.24, 2.45) is 0 Å². The fourth-order valence-corrected chi connectivity index (χ4v) is 3.38. The summed E-state index contributed by atoms with van der Waals surface area (Å²) in [4.78, 5) is 20.6. The number of halogens is 3. The van der Waals surface area contributed by atoms with E-state index in [0.717, 1.165) is 16.9 Å². The zero-order valence-corrected chi connectivity index (χ0v) is 15.8. The first-order valence-electron chi connectivity index (χ1n) is 7.75. The minimum atomic E-state index is -1.89. The number of piperazine rings is 1. The highest BCUT2D eigenvalue weighted by molar-refractivity contribution is 6.76. The summed E-state index contributed by atoms with van der Waals surface area (Å²) in [5, 5.41) is 1.17. The van der Waals surface area contributed by atoms with Gasteiger partial charge in [0.1, 0.15) is 5.82 Å². The van der Waals surface area contributed by atoms with Crippen molar-refractivity contribution in [3.63, 3.8) is 0 Å². The summed E-state index contributed by atoms with van der Waals surface area (Å²) in [6.07, 6.45) is 0. The van der Waals surface area contributed by atoms with Crippen LogP contribution in [0.3, 0.4) is 0 Å². The Bertz CT molecular complexity index is 780. The van der Waals surface area contributed by atoms with Crippen LogP contribution in [0.5, 0.6) is 0 Å². The molecule has 0 unspecified atom stereocenters. The topological polar surface area (TPSA) is 36.4 Å². The second-order valence-electron chi connectivity index (χ2n) is 6.05. The molecule has 1 aliphatic heterocycles. The van der Waals surface area contributed by atoms with E-state index >= 15 is 0 Å². The van der Waals surface area contributed by atoms with Gasteiger partial charge in [0.05, 0.1) is 5.52 Å². The number of aromatic nitrogens is 1. The van der Waals surface area contributed by atoms with Crippen LogP contribution in [0.2, 0.25) is 0 Å². The van der Waals surface area contributed by atoms with Gasteiger partial charge in [-0.15, -0.1) is 0 Å². The van der Waals surface area contributed by atoms with Crippen molar-refractivity contribution in [3.8, 4) is 0 Å². The van der Waals surface area contributed by atoms with E-state index in [1.165, 1.54) is 10.9 Å². The van der Waals surface area contributed by atoms with E-state index in [-0.39, 0.29) is 0 Å². The van der Waals surface area contributed by atoms with E-state index in [9.17, 15) is 4.79 Å². The van der Waals surface area contributed by atoms with Crippen LogP contribution in [-0.4, -0.2) is 45.8 Å². The number of anilines is 1. The standard InChI is InChI=1S/C17H18Cl3N3O/c1-11-4-3-5-13-12(2)10-14(21-15(11)13)22-6-8-23(9-7-22)16(24)17(18,19)20/h3-5,10H,6-9H2,1-2H3. The number of pyridine rings is 1. The Morgan fingerprint density at radius 2 is 1.75 bits per heavy atom. The molecule has 2 aromatic rings. The van der Waals surface area contributed by atoms with Gasteiger partial charge in [0, 0.05) is 31.6 Å². The van der Waals surface area contributed by atoms with E-state index in [1.807, 2.05) is 6.07 Å². The molecule has 2 heterocycles. The number of fused-ring (bicyclic) bond motifs is 1. The zero-order chi connectivity index (χ0) is 17.5. The molecule has 0 spiro atoms. The van der Waals surface area contributed by atoms with E-state index in [2.05, 4.69) is 36.9 Å². The molecule has 1 aliphatic rings. The highest BCUT2D eigenvalue weighted by Crippen LogP contribution is 2.30. The van der Waals surface area contributed by atoms with Gasteiger partial charge in [-0.05, 0) is 31.0 Å². The molecule has 128 valence electrons. The summed E-state index contributed by atoms with van der Waals surface area (Å²) in [6, 6.07) is 8.30. The molecule has 1 amide bonds. The SMILES string of the molecule is Cc1cc(N2CCN(C(=O)C(Cl)(Cl)Cl)CC2)nc2c(C)cccc12. The van der Waals surface area contributed by atoms with Crippen LogP contribution in [0.25, 0.3) is 10.9 Å². The van der Waals surface area contributed by atoms with Crippen molar-refractivity contribution in [2.45, 2.75) is 17.6 Å². The van der Waals surface area contributed by atoms with Crippen LogP contribution >= 0.6 is 34.8 Å². The van der Waals surface area contributed by atoms with Crippen molar-refractivity contribution in [3.05, 3.63) is 35.4 Å². The van der Waals surface area contributed by atoms with Crippen molar-refractivity contribution in [1.82, 2.24) is 9.88 Å². The zero-order valence-electron chi connectivity index (χ0n) is 13.5. The summed E-state index contributed by atoms with van der Waals surface area (Å²) in [5.41, 5.74) is 3.37. The number of alkyl halides is 3. The molecule has 7 heteroatoms. The highest BCUT2D eigenvalue weighted by Gasteiger charge is 2.36. The molecule has 24 heavy (non-hydrogen) atoms. The molecular formula is C17H18Cl3N3O. The maximum Gasteiger partial charge on any atom is 0.274 e. The Hall–Kier alpha value is -1.23. The van der Waals surface area contributed by atoms with Crippen LogP contribution < -0.4 is 4.90 Å². The molecule has 1 aromatic heterocycles. The van der Waals surface area contributed by atoms with Gasteiger partial charge in [0.15, 0.2) is 0 Å². The molecule has 4 nitrogen and oxygen atoms in total. The molecule has 0 bridgehead atoms. The lowest BCUT2D eigenvalue weighted by Gasteiger charge is -2.36. The monoisotopic (exact) mass is 385 g/mol. The average Bonchev–Trinajstić information content (AvgIpc) is 2.54. The Morgan fingerprint density at radius 3 is 2.38 bits per heavy atom. The van der Waals surface area contributed by atoms with Crippen LogP contribution in [0.1, 0.15) is 11.1 Å². The van der Waals surface area contributed by atoms with Crippen LogP contribution in [0.15, 0.2) is 24.3 Å². The second kappa shape index (κ2) is 6.58. The average molecular weight is 387 g/mol. The number of rotatable bonds is 1. The number of amides is 1. The van der Waals surface area contributed by atoms with Crippen molar-refractivity contribution in [2.75, 3.05) is 31.1 Å². The smallest absolute Gasteiger partial charge is 0.274 e. The van der Waals surface area contributed by atoms with Crippen LogP contribution in [0, 0.1) is 13.8 Å². The first-order valence-corrected chi connectivity index (χ1v) is 8.89. The van der Waals surface area contributed by atoms with Gasteiger partial charge in [0.25, 0.3) is 9.70 Å². The highest BCUT2D eigenvalue weighted by atomic mass is 35.6. The van der Waals surface area contributed by atoms with Crippen molar-refractivity contribution >= 4 is 57.4 Å². The fourth-order valence-electron chi connectivity index (χ4n) is 3.02. The van der Waals surface area contributed by atoms with E-state index < -0.39 is 9.70 Å². The third-order valence-electron chi connectivity index (χ3n) is 4.37. The molecule has 0 radical (unpaired) electrons. The number of para-hydroxylation sites is 1. The minimum Gasteiger partial charge on any atom is -0.353 e. The summed E-state index contributed by atoms with van der Waals surface area (Å²) in [5.74, 6) is 0.459. The lowest BCUT2D eigenvalue weighted by molar-refractivity contribution is -0.130. The normalized spacial score (nSPS) is 15.9. The van der Waals surface area contributed by atoms with Crippen molar-refractivity contribution in [1.29, 1.82) is 0 Å². The second-order valence-corrected chi connectivity index (χ2v) is 8.33. The first kappa shape index (κ1) is 17.6. The number of benzene rings is 1. The Balaban J connectivity index is 1.81. The molecule has 1 fully saturated rings. The van der Waals surface area contributed by atoms with Gasteiger partial charge in [-0.25, -0.2) is 4.98 Å². The largest absolute Gasteiger partial charge is 0.353 e. The number of carbonyl (C=O) groups is 1. The summed E-state index contributed by atoms with van der Waals surface area (Å²) in [6.45, 7) is 6.51. The third kappa shape index (κ3) is 3.41. The quantitative estimate of drug-likeness (QED) is 0.698. The number of aryl methyl sites for hydroxylation is 2. The Morgan fingerprint density at radius 1 is 1.08 bits per heavy atom. The van der Waals surface area contributed by atoms with Crippen LogP contribution in [-0.2, 0) is 4.79 Å². The van der Waals surface area contributed by atoms with Gasteiger partial charge in [-0.3, -0.25) is 4.79 Å². The molecule has 0 aliphatic carbocycles. The van der Waals surface area contributed by atoms with E-state index in [1.54, 1.807) is 4.90 Å². The fraction of sp³-hybridized carbons (Fsp3) is 0.412. The molecule has 0 N–H and O–H groups in total. The number of hydrogen-bond acceptors (Lipinski definition) is 3. The lowest BCUT2D eigenvalue weighted by Crippen LogP contribution is -2.52. The molecule has 0 atom stereocenters. The molecule has 1 saturated heterocycles. The third-order valence-corrected chi connectivity index (χ3v) is 4.85. The van der Waals surface area contributed by atoms with Gasteiger partial charge in [0.2, 0.25) is 0 Å². The van der Waals surface area contributed by atoms with Gasteiger partial charge >= 0.3 is 0 Å². The van der Waals surface area contributed by atoms with Gasteiger partial charge in [-0.1, -0.05) is 53.0 Å². The number of carbonyl (C=O) groups excluding carboxylic acids is 1. The molecular weight excluding hydrogens is 369 g/mol. The van der Waals surface area contributed by atoms with E-state index in [4.69, 9.17) is 39.8 Å². The Kier molecular flexibility index (Phi) is 4.82. The van der Waals surface area contributed by atoms with Crippen LogP contribution in [0.4, 0.5) is 5.82 Å². The minimum absolute atomic E-state index is 0.467. The first-order chi connectivity index (χ1) is 11.3. The maximum absolute atomic E-state index is 12.0.